The maximum atomic E-state index is 5.70. The fraction of sp³-hybridized carbons (Fsp3) is 0.133. The summed E-state index contributed by atoms with van der Waals surface area (Å²) in [6.07, 6.45) is 3.28. The summed E-state index contributed by atoms with van der Waals surface area (Å²) in [5.74, 6) is 0.801. The third-order valence-electron chi connectivity index (χ3n) is 3.08. The monoisotopic (exact) mass is 298 g/mol. The Balaban J connectivity index is 2.14. The molecule has 1 N–H and O–H groups in total. The van der Waals surface area contributed by atoms with Crippen molar-refractivity contribution in [1.29, 1.82) is 0 Å². The molecule has 0 aliphatic carbocycles. The second kappa shape index (κ2) is 5.88. The zero-order chi connectivity index (χ0) is 14.7. The first-order valence-corrected chi connectivity index (χ1v) is 7.01. The number of aromatic nitrogens is 3. The van der Waals surface area contributed by atoms with Gasteiger partial charge in [0.15, 0.2) is 0 Å². The molecular weight excluding hydrogens is 284 g/mol. The van der Waals surface area contributed by atoms with Crippen LogP contribution in [0, 0.1) is 4.77 Å². The third-order valence-corrected chi connectivity index (χ3v) is 3.36. The summed E-state index contributed by atoms with van der Waals surface area (Å²) in [4.78, 5) is 0. The quantitative estimate of drug-likeness (QED) is 0.593. The molecule has 0 unspecified atom stereocenters. The second-order valence-electron chi connectivity index (χ2n) is 4.38. The van der Waals surface area contributed by atoms with Crippen LogP contribution >= 0.6 is 12.2 Å². The molecule has 0 atom stereocenters. The molecule has 0 saturated carbocycles. The smallest absolute Gasteiger partial charge is 0.216 e. The summed E-state index contributed by atoms with van der Waals surface area (Å²) < 4.78 is 7.65. The fourth-order valence-electron chi connectivity index (χ4n) is 2.13. The van der Waals surface area contributed by atoms with Crippen molar-refractivity contribution in [2.45, 2.75) is 6.92 Å². The number of fused-ring (bicyclic) bond motifs is 1. The zero-order valence-corrected chi connectivity index (χ0v) is 12.3. The molecule has 0 aliphatic heterocycles. The van der Waals surface area contributed by atoms with Gasteiger partial charge in [-0.25, -0.2) is 0 Å². The highest BCUT2D eigenvalue weighted by atomic mass is 32.1. The minimum atomic E-state index is 0.449. The molecular formula is C15H14N4OS. The Morgan fingerprint density at radius 2 is 2.19 bits per heavy atom. The summed E-state index contributed by atoms with van der Waals surface area (Å²) >= 11 is 5.08. The average Bonchev–Trinajstić information content (AvgIpc) is 2.91. The SMILES string of the molecule is CCOc1ccc2ccccc2c1/C=N/n1cn[nH]c1=S. The van der Waals surface area contributed by atoms with Crippen LogP contribution in [-0.2, 0) is 0 Å². The Kier molecular flexibility index (Phi) is 3.79. The molecule has 5 nitrogen and oxygen atoms in total. The Morgan fingerprint density at radius 1 is 1.33 bits per heavy atom. The molecule has 21 heavy (non-hydrogen) atoms. The highest BCUT2D eigenvalue weighted by Crippen LogP contribution is 2.26. The summed E-state index contributed by atoms with van der Waals surface area (Å²) in [5.41, 5.74) is 0.929. The number of benzene rings is 2. The van der Waals surface area contributed by atoms with Crippen LogP contribution < -0.4 is 4.74 Å². The molecule has 0 bridgehead atoms. The maximum absolute atomic E-state index is 5.70. The van der Waals surface area contributed by atoms with Gasteiger partial charge in [0.25, 0.3) is 0 Å². The first-order valence-electron chi connectivity index (χ1n) is 6.60. The van der Waals surface area contributed by atoms with Gasteiger partial charge in [-0.1, -0.05) is 30.3 Å². The topological polar surface area (TPSA) is 55.2 Å². The highest BCUT2D eigenvalue weighted by Gasteiger charge is 2.06. The van der Waals surface area contributed by atoms with Crippen molar-refractivity contribution in [3.63, 3.8) is 0 Å². The van der Waals surface area contributed by atoms with Gasteiger partial charge < -0.3 is 4.74 Å². The number of aromatic amines is 1. The minimum Gasteiger partial charge on any atom is -0.493 e. The van der Waals surface area contributed by atoms with Crippen LogP contribution in [0.15, 0.2) is 47.8 Å². The van der Waals surface area contributed by atoms with E-state index in [-0.39, 0.29) is 0 Å². The summed E-state index contributed by atoms with van der Waals surface area (Å²) in [7, 11) is 0. The van der Waals surface area contributed by atoms with Gasteiger partial charge in [-0.15, -0.1) is 0 Å². The Labute approximate surface area is 126 Å². The Bertz CT molecular complexity index is 850. The van der Waals surface area contributed by atoms with E-state index in [1.807, 2.05) is 37.3 Å². The van der Waals surface area contributed by atoms with E-state index in [4.69, 9.17) is 17.0 Å². The summed E-state index contributed by atoms with van der Waals surface area (Å²) in [6.45, 7) is 2.56. The van der Waals surface area contributed by atoms with Gasteiger partial charge in [-0.2, -0.15) is 14.9 Å². The normalized spacial score (nSPS) is 11.3. The van der Waals surface area contributed by atoms with Crippen LogP contribution in [0.2, 0.25) is 0 Å². The maximum Gasteiger partial charge on any atom is 0.216 e. The van der Waals surface area contributed by atoms with Crippen LogP contribution in [-0.4, -0.2) is 27.7 Å². The van der Waals surface area contributed by atoms with E-state index in [9.17, 15) is 0 Å². The third kappa shape index (κ3) is 2.71. The lowest BCUT2D eigenvalue weighted by atomic mass is 10.0. The molecule has 106 valence electrons. The molecule has 6 heteroatoms. The largest absolute Gasteiger partial charge is 0.493 e. The van der Waals surface area contributed by atoms with Gasteiger partial charge in [0.1, 0.15) is 12.1 Å². The van der Waals surface area contributed by atoms with Crippen LogP contribution in [0.5, 0.6) is 5.75 Å². The number of H-pyrrole nitrogens is 1. The van der Waals surface area contributed by atoms with Gasteiger partial charge in [0, 0.05) is 5.56 Å². The number of hydrogen-bond donors (Lipinski definition) is 1. The molecule has 2 aromatic carbocycles. The van der Waals surface area contributed by atoms with Gasteiger partial charge in [-0.05, 0) is 36.0 Å². The second-order valence-corrected chi connectivity index (χ2v) is 4.77. The van der Waals surface area contributed by atoms with E-state index < -0.39 is 0 Å². The molecule has 1 heterocycles. The molecule has 3 aromatic rings. The Hall–Kier alpha value is -2.47. The highest BCUT2D eigenvalue weighted by molar-refractivity contribution is 7.71. The summed E-state index contributed by atoms with van der Waals surface area (Å²) in [5, 5.41) is 13.1. The van der Waals surface area contributed by atoms with Gasteiger partial charge in [-0.3, -0.25) is 5.10 Å². The summed E-state index contributed by atoms with van der Waals surface area (Å²) in [6, 6.07) is 12.1. The average molecular weight is 298 g/mol. The van der Waals surface area contributed by atoms with E-state index in [1.54, 1.807) is 6.21 Å². The minimum absolute atomic E-state index is 0.449. The van der Waals surface area contributed by atoms with Crippen LogP contribution in [0.1, 0.15) is 12.5 Å². The van der Waals surface area contributed by atoms with Crippen molar-refractivity contribution in [2.24, 2.45) is 5.10 Å². The molecule has 0 aliphatic rings. The van der Waals surface area contributed by atoms with E-state index >= 15 is 0 Å². The lowest BCUT2D eigenvalue weighted by Gasteiger charge is -2.10. The van der Waals surface area contributed by atoms with Gasteiger partial charge in [0.2, 0.25) is 4.77 Å². The predicted octanol–water partition coefficient (Wildman–Crippen LogP) is 3.37. The molecule has 3 rings (SSSR count). The van der Waals surface area contributed by atoms with Gasteiger partial charge >= 0.3 is 0 Å². The predicted molar refractivity (Wildman–Crippen MR) is 85.5 cm³/mol. The van der Waals surface area contributed by atoms with Crippen molar-refractivity contribution >= 4 is 29.2 Å². The number of nitrogens with zero attached hydrogens (tertiary/aromatic N) is 3. The lowest BCUT2D eigenvalue weighted by molar-refractivity contribution is 0.340. The molecule has 1 aromatic heterocycles. The molecule has 0 spiro atoms. The molecule has 0 fully saturated rings. The van der Waals surface area contributed by atoms with Crippen LogP contribution in [0.3, 0.4) is 0 Å². The standard InChI is InChI=1S/C15H14N4OS/c1-2-20-14-8-7-11-5-3-4-6-12(11)13(14)9-17-19-10-16-18-15(19)21/h3-10H,2H2,1H3,(H,18,21)/b17-9+. The van der Waals surface area contributed by atoms with E-state index in [2.05, 4.69) is 21.4 Å². The van der Waals surface area contributed by atoms with Gasteiger partial charge in [0.05, 0.1) is 12.8 Å². The van der Waals surface area contributed by atoms with E-state index in [0.29, 0.717) is 11.4 Å². The fourth-order valence-corrected chi connectivity index (χ4v) is 2.28. The number of nitrogens with one attached hydrogen (secondary N) is 1. The van der Waals surface area contributed by atoms with Crippen molar-refractivity contribution in [2.75, 3.05) is 6.61 Å². The lowest BCUT2D eigenvalue weighted by Crippen LogP contribution is -1.98. The molecule has 0 radical (unpaired) electrons. The first kappa shape index (κ1) is 13.5. The zero-order valence-electron chi connectivity index (χ0n) is 11.5. The van der Waals surface area contributed by atoms with Crippen LogP contribution in [0.25, 0.3) is 10.8 Å². The molecule has 0 saturated heterocycles. The first-order chi connectivity index (χ1) is 10.3. The molecule has 0 amide bonds. The van der Waals surface area contributed by atoms with E-state index in [1.165, 1.54) is 11.0 Å². The number of ether oxygens (including phenoxy) is 1. The Morgan fingerprint density at radius 3 is 2.95 bits per heavy atom. The van der Waals surface area contributed by atoms with Crippen molar-refractivity contribution in [3.8, 4) is 5.75 Å². The van der Waals surface area contributed by atoms with Crippen molar-refractivity contribution in [1.82, 2.24) is 14.9 Å². The number of hydrogen-bond acceptors (Lipinski definition) is 4. The van der Waals surface area contributed by atoms with Crippen LogP contribution in [0.4, 0.5) is 0 Å². The number of rotatable bonds is 4. The van der Waals surface area contributed by atoms with E-state index in [0.717, 1.165) is 22.1 Å². The van der Waals surface area contributed by atoms with Crippen molar-refractivity contribution in [3.05, 3.63) is 53.1 Å². The van der Waals surface area contributed by atoms with Crippen molar-refractivity contribution < 1.29 is 4.74 Å².